The molecule has 13 nitrogen and oxygen atoms in total. The predicted octanol–water partition coefficient (Wildman–Crippen LogP) is 1.80. The average Bonchev–Trinajstić information content (AvgIpc) is 3.34. The Bertz CT molecular complexity index is 1440. The Morgan fingerprint density at radius 1 is 1.15 bits per heavy atom. The number of alkyl halides is 3. The van der Waals surface area contributed by atoms with Gasteiger partial charge in [-0.3, -0.25) is 15.0 Å². The van der Waals surface area contributed by atoms with Gasteiger partial charge in [-0.2, -0.15) is 17.9 Å². The van der Waals surface area contributed by atoms with Crippen molar-refractivity contribution in [2.24, 2.45) is 10.9 Å². The SMILES string of the molecule is N=C(N)c1ccc(C2=NOC(CC(=O)NC[C@H](NS(=O)(=O)c3ccccc3Br)C(=O)O)C2)cc1.O=C(O)C(F)(F)F. The molecular weight excluding hydrogens is 643 g/mol. The second kappa shape index (κ2) is 14.0. The van der Waals surface area contributed by atoms with Crippen LogP contribution in [0.3, 0.4) is 0 Å². The van der Waals surface area contributed by atoms with Gasteiger partial charge in [0.05, 0.1) is 17.0 Å². The first-order valence-corrected chi connectivity index (χ1v) is 13.5. The van der Waals surface area contributed by atoms with E-state index in [1.165, 1.54) is 18.2 Å². The molecule has 0 saturated heterocycles. The van der Waals surface area contributed by atoms with Crippen LogP contribution in [0.25, 0.3) is 0 Å². The van der Waals surface area contributed by atoms with Crippen LogP contribution in [-0.4, -0.2) is 72.9 Å². The minimum absolute atomic E-state index is 0.0518. The number of sulfonamides is 1. The number of amides is 1. The van der Waals surface area contributed by atoms with Crippen molar-refractivity contribution in [3.8, 4) is 0 Å². The summed E-state index contributed by atoms with van der Waals surface area (Å²) >= 11 is 3.13. The molecule has 41 heavy (non-hydrogen) atoms. The van der Waals surface area contributed by atoms with Crippen molar-refractivity contribution in [1.82, 2.24) is 10.0 Å². The smallest absolute Gasteiger partial charge is 0.480 e. The number of aliphatic carboxylic acids is 2. The van der Waals surface area contributed by atoms with Gasteiger partial charge in [-0.15, -0.1) is 0 Å². The highest BCUT2D eigenvalue weighted by atomic mass is 79.9. The largest absolute Gasteiger partial charge is 0.490 e. The molecule has 2 atom stereocenters. The molecule has 1 amide bonds. The van der Waals surface area contributed by atoms with E-state index < -0.39 is 52.7 Å². The summed E-state index contributed by atoms with van der Waals surface area (Å²) in [5.41, 5.74) is 7.40. The molecule has 3 rings (SSSR count). The molecule has 0 radical (unpaired) electrons. The number of hydrogen-bond donors (Lipinski definition) is 6. The van der Waals surface area contributed by atoms with E-state index in [0.29, 0.717) is 17.7 Å². The minimum Gasteiger partial charge on any atom is -0.480 e. The number of carboxylic acids is 2. The Hall–Kier alpha value is -4.03. The lowest BCUT2D eigenvalue weighted by molar-refractivity contribution is -0.192. The number of carboxylic acid groups (broad SMARTS) is 2. The van der Waals surface area contributed by atoms with Gasteiger partial charge in [0.1, 0.15) is 18.0 Å². The molecule has 1 aliphatic heterocycles. The van der Waals surface area contributed by atoms with E-state index in [1.807, 2.05) is 0 Å². The quantitative estimate of drug-likeness (QED) is 0.161. The number of nitrogens with two attached hydrogens (primary N) is 1. The Morgan fingerprint density at radius 3 is 2.24 bits per heavy atom. The van der Waals surface area contributed by atoms with E-state index in [1.54, 1.807) is 30.3 Å². The fourth-order valence-electron chi connectivity index (χ4n) is 3.14. The third kappa shape index (κ3) is 10.1. The average molecular weight is 666 g/mol. The Balaban J connectivity index is 0.000000745. The first-order valence-electron chi connectivity index (χ1n) is 11.2. The van der Waals surface area contributed by atoms with E-state index in [4.69, 9.17) is 25.9 Å². The molecule has 1 heterocycles. The lowest BCUT2D eigenvalue weighted by atomic mass is 10.0. The van der Waals surface area contributed by atoms with E-state index >= 15 is 0 Å². The van der Waals surface area contributed by atoms with E-state index in [-0.39, 0.29) is 21.6 Å². The monoisotopic (exact) mass is 665 g/mol. The van der Waals surface area contributed by atoms with Gasteiger partial charge in [0.2, 0.25) is 15.9 Å². The summed E-state index contributed by atoms with van der Waals surface area (Å²) in [4.78, 5) is 38.0. The number of carbonyl (C=O) groups excluding carboxylic acids is 1. The lowest BCUT2D eigenvalue weighted by Gasteiger charge is -2.17. The molecule has 0 spiro atoms. The molecule has 0 aromatic heterocycles. The molecule has 0 saturated carbocycles. The van der Waals surface area contributed by atoms with Crippen molar-refractivity contribution < 1.29 is 51.0 Å². The van der Waals surface area contributed by atoms with Gasteiger partial charge in [-0.05, 0) is 33.6 Å². The molecule has 2 aromatic carbocycles. The van der Waals surface area contributed by atoms with Gasteiger partial charge < -0.3 is 26.1 Å². The zero-order chi connectivity index (χ0) is 31.0. The second-order valence-corrected chi connectivity index (χ2v) is 10.8. The molecule has 1 unspecified atom stereocenters. The lowest BCUT2D eigenvalue weighted by Crippen LogP contribution is -2.48. The summed E-state index contributed by atoms with van der Waals surface area (Å²) in [6, 6.07) is 11.3. The first kappa shape index (κ1) is 33.2. The summed E-state index contributed by atoms with van der Waals surface area (Å²) in [7, 11) is -4.15. The van der Waals surface area contributed by atoms with Crippen LogP contribution in [0.15, 0.2) is 63.1 Å². The highest BCUT2D eigenvalue weighted by Gasteiger charge is 2.38. The third-order valence-electron chi connectivity index (χ3n) is 5.14. The van der Waals surface area contributed by atoms with Crippen molar-refractivity contribution in [3.05, 3.63) is 64.1 Å². The molecule has 0 fully saturated rings. The van der Waals surface area contributed by atoms with Gasteiger partial charge in [0.15, 0.2) is 0 Å². The van der Waals surface area contributed by atoms with Crippen molar-refractivity contribution in [2.45, 2.75) is 36.1 Å². The summed E-state index contributed by atoms with van der Waals surface area (Å²) < 4.78 is 59.2. The first-order chi connectivity index (χ1) is 19.0. The standard InChI is InChI=1S/C21H22BrN5O6S.C2HF3O2/c22-15-3-1-2-4-18(15)34(31,32)27-17(21(29)30)11-25-19(28)10-14-9-16(26-33-14)12-5-7-13(8-6-12)20(23)24;3-2(4,5)1(6)7/h1-8,14,17,27H,9-11H2,(H3,23,24)(H,25,28)(H,29,30);(H,6,7)/t14?,17-;/m0./s1. The molecule has 2 aromatic rings. The van der Waals surface area contributed by atoms with Crippen molar-refractivity contribution in [2.75, 3.05) is 6.54 Å². The third-order valence-corrected chi connectivity index (χ3v) is 7.63. The Kier molecular flexibility index (Phi) is 11.4. The number of nitrogens with zero attached hydrogens (tertiary/aromatic N) is 1. The zero-order valence-corrected chi connectivity index (χ0v) is 23.1. The van der Waals surface area contributed by atoms with Crippen LogP contribution in [0, 0.1) is 5.41 Å². The highest BCUT2D eigenvalue weighted by molar-refractivity contribution is 9.10. The molecule has 1 aliphatic rings. The summed E-state index contributed by atoms with van der Waals surface area (Å²) in [5.74, 6) is -4.76. The molecular formula is C23H23BrF3N5O8S. The molecule has 222 valence electrons. The van der Waals surface area contributed by atoms with Gasteiger partial charge >= 0.3 is 18.1 Å². The van der Waals surface area contributed by atoms with E-state index in [9.17, 15) is 36.3 Å². The van der Waals surface area contributed by atoms with Crippen molar-refractivity contribution >= 4 is 55.3 Å². The molecule has 0 bridgehead atoms. The van der Waals surface area contributed by atoms with Crippen LogP contribution >= 0.6 is 15.9 Å². The molecule has 0 aliphatic carbocycles. The number of nitrogens with one attached hydrogen (secondary N) is 3. The maximum atomic E-state index is 12.5. The summed E-state index contributed by atoms with van der Waals surface area (Å²) in [5, 5.41) is 30.4. The van der Waals surface area contributed by atoms with Crippen molar-refractivity contribution in [3.63, 3.8) is 0 Å². The number of carbonyl (C=O) groups is 3. The Labute approximate surface area is 239 Å². The second-order valence-electron chi connectivity index (χ2n) is 8.21. The highest BCUT2D eigenvalue weighted by Crippen LogP contribution is 2.22. The van der Waals surface area contributed by atoms with Crippen LogP contribution in [0.2, 0.25) is 0 Å². The van der Waals surface area contributed by atoms with Gasteiger partial charge in [0, 0.05) is 23.0 Å². The van der Waals surface area contributed by atoms with Gasteiger partial charge in [-0.25, -0.2) is 13.2 Å². The summed E-state index contributed by atoms with van der Waals surface area (Å²) in [6.07, 6.45) is -5.38. The van der Waals surface area contributed by atoms with Crippen LogP contribution in [0.1, 0.15) is 24.0 Å². The van der Waals surface area contributed by atoms with Crippen LogP contribution in [0.5, 0.6) is 0 Å². The molecule has 7 N–H and O–H groups in total. The summed E-state index contributed by atoms with van der Waals surface area (Å²) in [6.45, 7) is -0.454. The van der Waals surface area contributed by atoms with Crippen LogP contribution in [-0.2, 0) is 29.2 Å². The van der Waals surface area contributed by atoms with E-state index in [2.05, 4.69) is 31.1 Å². The fourth-order valence-corrected chi connectivity index (χ4v) is 5.33. The number of oxime groups is 1. The van der Waals surface area contributed by atoms with Gasteiger partial charge in [0.25, 0.3) is 0 Å². The minimum atomic E-state index is -5.08. The Morgan fingerprint density at radius 2 is 1.73 bits per heavy atom. The fraction of sp³-hybridized carbons (Fsp3) is 0.261. The zero-order valence-electron chi connectivity index (χ0n) is 20.7. The number of nitrogen functional groups attached to an aromatic ring is 1. The predicted molar refractivity (Wildman–Crippen MR) is 141 cm³/mol. The maximum Gasteiger partial charge on any atom is 0.490 e. The maximum absolute atomic E-state index is 12.5. The number of rotatable bonds is 10. The van der Waals surface area contributed by atoms with Crippen LogP contribution in [0.4, 0.5) is 13.2 Å². The normalized spacial score (nSPS) is 15.4. The number of hydrogen-bond acceptors (Lipinski definition) is 8. The number of amidine groups is 1. The molecule has 18 heteroatoms. The van der Waals surface area contributed by atoms with E-state index in [0.717, 1.165) is 5.56 Å². The number of halogens is 4. The number of benzene rings is 2. The van der Waals surface area contributed by atoms with Crippen LogP contribution < -0.4 is 15.8 Å². The topological polar surface area (TPSA) is 221 Å². The van der Waals surface area contributed by atoms with Crippen molar-refractivity contribution in [1.29, 1.82) is 5.41 Å². The van der Waals surface area contributed by atoms with Gasteiger partial charge in [-0.1, -0.05) is 41.6 Å².